The van der Waals surface area contributed by atoms with Crippen molar-refractivity contribution in [3.05, 3.63) is 35.6 Å². The van der Waals surface area contributed by atoms with Gasteiger partial charge in [-0.05, 0) is 30.5 Å². The second kappa shape index (κ2) is 6.49. The van der Waals surface area contributed by atoms with Crippen molar-refractivity contribution in [3.63, 3.8) is 0 Å². The molecule has 1 N–H and O–H groups in total. The van der Waals surface area contributed by atoms with Crippen LogP contribution < -0.4 is 4.72 Å². The molecule has 1 aromatic rings. The summed E-state index contributed by atoms with van der Waals surface area (Å²) in [4.78, 5) is 12.6. The number of halogens is 1. The molecule has 0 spiro atoms. The molecule has 118 valence electrons. The minimum absolute atomic E-state index is 0.0373. The molecule has 1 aliphatic rings. The van der Waals surface area contributed by atoms with Gasteiger partial charge < -0.3 is 0 Å². The highest BCUT2D eigenvalue weighted by molar-refractivity contribution is 7.90. The van der Waals surface area contributed by atoms with Crippen molar-refractivity contribution in [2.24, 2.45) is 0 Å². The third-order valence-corrected chi connectivity index (χ3v) is 5.27. The summed E-state index contributed by atoms with van der Waals surface area (Å²) >= 11 is 0. The lowest BCUT2D eigenvalue weighted by Gasteiger charge is -2.28. The van der Waals surface area contributed by atoms with E-state index in [1.807, 2.05) is 0 Å². The molecule has 0 unspecified atom stereocenters. The van der Waals surface area contributed by atoms with Crippen LogP contribution in [0.1, 0.15) is 37.7 Å². The van der Waals surface area contributed by atoms with E-state index in [0.717, 1.165) is 12.8 Å². The van der Waals surface area contributed by atoms with E-state index in [2.05, 4.69) is 10.6 Å². The number of nitrogens with one attached hydrogen (secondary N) is 1. The number of hydrogen-bond donors (Lipinski definition) is 1. The van der Waals surface area contributed by atoms with Gasteiger partial charge in [0.25, 0.3) is 0 Å². The molecule has 6 heteroatoms. The lowest BCUT2D eigenvalue weighted by Crippen LogP contribution is -2.45. The van der Waals surface area contributed by atoms with Crippen LogP contribution in [-0.4, -0.2) is 20.1 Å². The van der Waals surface area contributed by atoms with Crippen LogP contribution in [-0.2, 0) is 20.2 Å². The van der Waals surface area contributed by atoms with Crippen LogP contribution in [0.3, 0.4) is 0 Å². The van der Waals surface area contributed by atoms with Gasteiger partial charge in [0.1, 0.15) is 5.82 Å². The molecule has 4 nitrogen and oxygen atoms in total. The van der Waals surface area contributed by atoms with Crippen LogP contribution >= 0.6 is 0 Å². The number of sulfonamides is 1. The Morgan fingerprint density at radius 3 is 2.64 bits per heavy atom. The van der Waals surface area contributed by atoms with Crippen LogP contribution in [0.25, 0.3) is 0 Å². The van der Waals surface area contributed by atoms with E-state index in [9.17, 15) is 17.6 Å². The van der Waals surface area contributed by atoms with Crippen molar-refractivity contribution < 1.29 is 17.6 Å². The van der Waals surface area contributed by atoms with Crippen molar-refractivity contribution >= 4 is 15.9 Å². The number of rotatable bonds is 5. The third-order valence-electron chi connectivity index (χ3n) is 4.03. The van der Waals surface area contributed by atoms with E-state index in [1.54, 1.807) is 6.07 Å². The molecule has 0 aromatic heterocycles. The largest absolute Gasteiger partial charge is 0.273 e. The summed E-state index contributed by atoms with van der Waals surface area (Å²) in [5.74, 6) is 0.910. The molecule has 0 heterocycles. The fourth-order valence-electron chi connectivity index (χ4n) is 2.89. The Labute approximate surface area is 130 Å². The standard InChI is InChI=1S/C16H18FNO3S/c1-2-3-11-22(20,21)18-15(19)16(9-4-5-10-16)13-7-6-8-14(17)12-13/h1,6-8,12H,3-5,9-11H2,(H,18,19). The summed E-state index contributed by atoms with van der Waals surface area (Å²) in [5, 5.41) is 0. The maximum atomic E-state index is 13.5. The van der Waals surface area contributed by atoms with Crippen molar-refractivity contribution in [2.75, 3.05) is 5.75 Å². The maximum absolute atomic E-state index is 13.5. The van der Waals surface area contributed by atoms with Gasteiger partial charge in [-0.25, -0.2) is 12.8 Å². The predicted molar refractivity (Wildman–Crippen MR) is 81.9 cm³/mol. The Kier molecular flexibility index (Phi) is 4.87. The van der Waals surface area contributed by atoms with E-state index in [4.69, 9.17) is 6.42 Å². The summed E-state index contributed by atoms with van der Waals surface area (Å²) in [6.07, 6.45) is 7.70. The number of carbonyl (C=O) groups excluding carboxylic acids is 1. The Bertz CT molecular complexity index is 700. The predicted octanol–water partition coefficient (Wildman–Crippen LogP) is 2.11. The zero-order valence-corrected chi connectivity index (χ0v) is 13.0. The Morgan fingerprint density at radius 1 is 1.36 bits per heavy atom. The summed E-state index contributed by atoms with van der Waals surface area (Å²) in [6.45, 7) is 0. The van der Waals surface area contributed by atoms with Crippen molar-refractivity contribution in [2.45, 2.75) is 37.5 Å². The Morgan fingerprint density at radius 2 is 2.05 bits per heavy atom. The topological polar surface area (TPSA) is 63.2 Å². The summed E-state index contributed by atoms with van der Waals surface area (Å²) in [6, 6.07) is 5.81. The molecule has 1 fully saturated rings. The molecule has 1 aliphatic carbocycles. The van der Waals surface area contributed by atoms with Gasteiger partial charge in [-0.2, -0.15) is 0 Å². The zero-order chi connectivity index (χ0) is 16.2. The van der Waals surface area contributed by atoms with E-state index in [1.165, 1.54) is 18.2 Å². The highest BCUT2D eigenvalue weighted by Crippen LogP contribution is 2.41. The zero-order valence-electron chi connectivity index (χ0n) is 12.1. The van der Waals surface area contributed by atoms with Crippen LogP contribution in [0.2, 0.25) is 0 Å². The molecule has 1 saturated carbocycles. The number of carbonyl (C=O) groups is 1. The lowest BCUT2D eigenvalue weighted by molar-refractivity contribution is -0.124. The highest BCUT2D eigenvalue weighted by atomic mass is 32.2. The van der Waals surface area contributed by atoms with Gasteiger partial charge in [-0.15, -0.1) is 12.3 Å². The monoisotopic (exact) mass is 323 g/mol. The van der Waals surface area contributed by atoms with Crippen molar-refractivity contribution in [1.29, 1.82) is 0 Å². The number of hydrogen-bond acceptors (Lipinski definition) is 3. The highest BCUT2D eigenvalue weighted by Gasteiger charge is 2.44. The molecule has 0 bridgehead atoms. The lowest BCUT2D eigenvalue weighted by atomic mass is 9.78. The van der Waals surface area contributed by atoms with E-state index in [0.29, 0.717) is 18.4 Å². The summed E-state index contributed by atoms with van der Waals surface area (Å²) in [7, 11) is -3.77. The molecule has 1 aromatic carbocycles. The second-order valence-electron chi connectivity index (χ2n) is 5.50. The maximum Gasteiger partial charge on any atom is 0.244 e. The van der Waals surface area contributed by atoms with Gasteiger partial charge in [-0.3, -0.25) is 9.52 Å². The molecule has 1 amide bonds. The normalized spacial score (nSPS) is 16.9. The first kappa shape index (κ1) is 16.5. The minimum atomic E-state index is -3.77. The average Bonchev–Trinajstić information content (AvgIpc) is 2.95. The quantitative estimate of drug-likeness (QED) is 0.844. The van der Waals surface area contributed by atoms with E-state index in [-0.39, 0.29) is 12.2 Å². The van der Waals surface area contributed by atoms with Crippen molar-refractivity contribution in [1.82, 2.24) is 4.72 Å². The SMILES string of the molecule is C#CCCS(=O)(=O)NC(=O)C1(c2cccc(F)c2)CCCC1. The minimum Gasteiger partial charge on any atom is -0.273 e. The van der Waals surface area contributed by atoms with Crippen molar-refractivity contribution in [3.8, 4) is 12.3 Å². The van der Waals surface area contributed by atoms with Gasteiger partial charge >= 0.3 is 0 Å². The number of amides is 1. The van der Waals surface area contributed by atoms with Gasteiger partial charge in [0, 0.05) is 6.42 Å². The van der Waals surface area contributed by atoms with Crippen LogP contribution in [0.15, 0.2) is 24.3 Å². The first-order valence-corrected chi connectivity index (χ1v) is 8.79. The molecule has 2 rings (SSSR count). The fourth-order valence-corrected chi connectivity index (χ4v) is 3.86. The molecule has 0 aliphatic heterocycles. The van der Waals surface area contributed by atoms with Gasteiger partial charge in [0.05, 0.1) is 11.2 Å². The van der Waals surface area contributed by atoms with Crippen LogP contribution in [0.5, 0.6) is 0 Å². The Hall–Kier alpha value is -1.87. The third kappa shape index (κ3) is 3.47. The molecule has 0 atom stereocenters. The average molecular weight is 323 g/mol. The first-order chi connectivity index (χ1) is 10.4. The van der Waals surface area contributed by atoms with E-state index >= 15 is 0 Å². The molecule has 0 radical (unpaired) electrons. The van der Waals surface area contributed by atoms with Gasteiger partial charge in [0.2, 0.25) is 15.9 Å². The van der Waals surface area contributed by atoms with Crippen LogP contribution in [0.4, 0.5) is 4.39 Å². The number of benzene rings is 1. The second-order valence-corrected chi connectivity index (χ2v) is 7.35. The summed E-state index contributed by atoms with van der Waals surface area (Å²) < 4.78 is 39.4. The van der Waals surface area contributed by atoms with Gasteiger partial charge in [-0.1, -0.05) is 25.0 Å². The molecule has 0 saturated heterocycles. The van der Waals surface area contributed by atoms with E-state index < -0.39 is 27.2 Å². The first-order valence-electron chi connectivity index (χ1n) is 7.14. The van der Waals surface area contributed by atoms with Gasteiger partial charge in [0.15, 0.2) is 0 Å². The number of terminal acetylenes is 1. The van der Waals surface area contributed by atoms with Crippen LogP contribution in [0, 0.1) is 18.2 Å². The molecular weight excluding hydrogens is 305 g/mol. The fraction of sp³-hybridized carbons (Fsp3) is 0.438. The Balaban J connectivity index is 2.29. The molecule has 22 heavy (non-hydrogen) atoms. The summed E-state index contributed by atoms with van der Waals surface area (Å²) in [5.41, 5.74) is -0.458. The smallest absolute Gasteiger partial charge is 0.244 e. The molecular formula is C16H18FNO3S.